The molecule has 7 heteroatoms. The number of carbonyl (C=O) groups excluding carboxylic acids is 1. The van der Waals surface area contributed by atoms with Gasteiger partial charge < -0.3 is 4.74 Å². The number of ether oxygens (including phenoxy) is 1. The summed E-state index contributed by atoms with van der Waals surface area (Å²) in [5.74, 6) is -0.516. The van der Waals surface area contributed by atoms with Crippen LogP contribution in [-0.2, 0) is 15.1 Å². The van der Waals surface area contributed by atoms with E-state index in [1.165, 1.54) is 18.3 Å². The van der Waals surface area contributed by atoms with Crippen molar-refractivity contribution in [1.29, 1.82) is 0 Å². The van der Waals surface area contributed by atoms with Crippen LogP contribution < -0.4 is 5.43 Å². The van der Waals surface area contributed by atoms with Gasteiger partial charge in [0.15, 0.2) is 0 Å². The highest BCUT2D eigenvalue weighted by Crippen LogP contribution is 2.54. The van der Waals surface area contributed by atoms with Crippen LogP contribution in [0.5, 0.6) is 0 Å². The van der Waals surface area contributed by atoms with Gasteiger partial charge in [0.05, 0.1) is 17.1 Å². The number of amides is 1. The van der Waals surface area contributed by atoms with Gasteiger partial charge in [-0.1, -0.05) is 30.3 Å². The summed E-state index contributed by atoms with van der Waals surface area (Å²) in [6, 6.07) is 15.5. The second-order valence-electron chi connectivity index (χ2n) is 5.80. The molecule has 0 aliphatic heterocycles. The second kappa shape index (κ2) is 6.82. The Morgan fingerprint density at radius 2 is 1.96 bits per heavy atom. The molecule has 0 bridgehead atoms. The van der Waals surface area contributed by atoms with E-state index in [1.807, 2.05) is 30.3 Å². The standard InChI is InChI=1S/C18H17N3O4/c1-25-18(14-5-3-2-4-6-14)11-16(18)17(22)20-19-12-13-7-9-15(10-8-13)21(23)24/h2-10,12,16H,11H2,1H3,(H,20,22)/b19-12+. The summed E-state index contributed by atoms with van der Waals surface area (Å²) in [6.07, 6.45) is 2.05. The van der Waals surface area contributed by atoms with E-state index in [-0.39, 0.29) is 17.5 Å². The van der Waals surface area contributed by atoms with Crippen LogP contribution in [0.25, 0.3) is 0 Å². The predicted octanol–water partition coefficient (Wildman–Crippen LogP) is 2.61. The number of nitro benzene ring substituents is 1. The zero-order valence-electron chi connectivity index (χ0n) is 13.6. The third kappa shape index (κ3) is 3.41. The third-order valence-corrected chi connectivity index (χ3v) is 4.35. The van der Waals surface area contributed by atoms with Crippen LogP contribution >= 0.6 is 0 Å². The van der Waals surface area contributed by atoms with Gasteiger partial charge in [-0.3, -0.25) is 14.9 Å². The van der Waals surface area contributed by atoms with Crippen LogP contribution in [0.15, 0.2) is 59.7 Å². The van der Waals surface area contributed by atoms with Crippen LogP contribution in [0.4, 0.5) is 5.69 Å². The average molecular weight is 339 g/mol. The lowest BCUT2D eigenvalue weighted by atomic mass is 10.1. The molecule has 1 saturated carbocycles. The van der Waals surface area contributed by atoms with E-state index >= 15 is 0 Å². The summed E-state index contributed by atoms with van der Waals surface area (Å²) < 4.78 is 5.59. The van der Waals surface area contributed by atoms with Gasteiger partial charge in [0.25, 0.3) is 5.69 Å². The highest BCUT2D eigenvalue weighted by Gasteiger charge is 2.60. The molecule has 0 radical (unpaired) electrons. The lowest BCUT2D eigenvalue weighted by molar-refractivity contribution is -0.384. The molecule has 0 saturated heterocycles. The molecule has 0 aromatic heterocycles. The molecule has 1 aliphatic carbocycles. The van der Waals surface area contributed by atoms with E-state index in [0.717, 1.165) is 5.56 Å². The molecule has 1 aliphatic rings. The maximum Gasteiger partial charge on any atom is 0.269 e. The minimum absolute atomic E-state index is 0.00639. The normalized spacial score (nSPS) is 21.9. The number of benzene rings is 2. The minimum atomic E-state index is -0.589. The van der Waals surface area contributed by atoms with Crippen LogP contribution in [0.3, 0.4) is 0 Å². The van der Waals surface area contributed by atoms with E-state index in [2.05, 4.69) is 10.5 Å². The molecule has 0 heterocycles. The van der Waals surface area contributed by atoms with Gasteiger partial charge in [0.1, 0.15) is 5.60 Å². The molecule has 2 aromatic rings. The number of hydrogen-bond acceptors (Lipinski definition) is 5. The van der Waals surface area contributed by atoms with Gasteiger partial charge >= 0.3 is 0 Å². The Labute approximate surface area is 144 Å². The number of methoxy groups -OCH3 is 1. The molecule has 7 nitrogen and oxygen atoms in total. The summed E-state index contributed by atoms with van der Waals surface area (Å²) in [5.41, 5.74) is 3.55. The van der Waals surface area contributed by atoms with Crippen molar-refractivity contribution in [2.24, 2.45) is 11.0 Å². The molecule has 2 aromatic carbocycles. The van der Waals surface area contributed by atoms with Crippen molar-refractivity contribution < 1.29 is 14.5 Å². The molecule has 0 spiro atoms. The predicted molar refractivity (Wildman–Crippen MR) is 92.1 cm³/mol. The quantitative estimate of drug-likeness (QED) is 0.497. The van der Waals surface area contributed by atoms with Gasteiger partial charge in [-0.15, -0.1) is 0 Å². The second-order valence-corrected chi connectivity index (χ2v) is 5.80. The van der Waals surface area contributed by atoms with Crippen molar-refractivity contribution in [3.8, 4) is 0 Å². The average Bonchev–Trinajstić information content (AvgIpc) is 3.39. The molecular formula is C18H17N3O4. The Bertz CT molecular complexity index is 805. The maximum atomic E-state index is 12.3. The molecule has 1 fully saturated rings. The van der Waals surface area contributed by atoms with E-state index in [4.69, 9.17) is 4.74 Å². The maximum absolute atomic E-state index is 12.3. The van der Waals surface area contributed by atoms with Crippen LogP contribution in [0.1, 0.15) is 17.5 Å². The van der Waals surface area contributed by atoms with Crippen LogP contribution in [0.2, 0.25) is 0 Å². The Kier molecular flexibility index (Phi) is 4.58. The smallest absolute Gasteiger partial charge is 0.269 e. The van der Waals surface area contributed by atoms with Gasteiger partial charge in [-0.2, -0.15) is 5.10 Å². The van der Waals surface area contributed by atoms with Crippen molar-refractivity contribution in [3.63, 3.8) is 0 Å². The fourth-order valence-electron chi connectivity index (χ4n) is 2.86. The van der Waals surface area contributed by atoms with E-state index < -0.39 is 10.5 Å². The van der Waals surface area contributed by atoms with Crippen molar-refractivity contribution in [2.75, 3.05) is 7.11 Å². The minimum Gasteiger partial charge on any atom is -0.373 e. The Morgan fingerprint density at radius 1 is 1.28 bits per heavy atom. The molecule has 3 rings (SSSR count). The number of nitrogens with zero attached hydrogens (tertiary/aromatic N) is 2. The van der Waals surface area contributed by atoms with Gasteiger partial charge in [0.2, 0.25) is 5.91 Å². The Morgan fingerprint density at radius 3 is 2.56 bits per heavy atom. The van der Waals surface area contributed by atoms with Gasteiger partial charge in [-0.05, 0) is 29.7 Å². The molecule has 1 N–H and O–H groups in total. The monoisotopic (exact) mass is 339 g/mol. The van der Waals surface area contributed by atoms with E-state index in [9.17, 15) is 14.9 Å². The highest BCUT2D eigenvalue weighted by atomic mass is 16.6. The molecule has 1 amide bonds. The van der Waals surface area contributed by atoms with Crippen LogP contribution in [0, 0.1) is 16.0 Å². The third-order valence-electron chi connectivity index (χ3n) is 4.35. The molecule has 2 unspecified atom stereocenters. The molecule has 25 heavy (non-hydrogen) atoms. The first-order chi connectivity index (χ1) is 12.1. The fraction of sp³-hybridized carbons (Fsp3) is 0.222. The zero-order valence-corrected chi connectivity index (χ0v) is 13.6. The number of hydrogen-bond donors (Lipinski definition) is 1. The number of hydrazone groups is 1. The van der Waals surface area contributed by atoms with Crippen LogP contribution in [-0.4, -0.2) is 24.2 Å². The molecule has 2 atom stereocenters. The van der Waals surface area contributed by atoms with E-state index in [0.29, 0.717) is 12.0 Å². The first kappa shape index (κ1) is 16.8. The zero-order chi connectivity index (χ0) is 17.9. The lowest BCUT2D eigenvalue weighted by Gasteiger charge is -2.15. The highest BCUT2D eigenvalue weighted by molar-refractivity contribution is 5.86. The van der Waals surface area contributed by atoms with Crippen molar-refractivity contribution in [3.05, 3.63) is 75.8 Å². The van der Waals surface area contributed by atoms with Crippen molar-refractivity contribution in [1.82, 2.24) is 5.43 Å². The fourth-order valence-corrected chi connectivity index (χ4v) is 2.86. The molecular weight excluding hydrogens is 322 g/mol. The number of nitrogens with one attached hydrogen (secondary N) is 1. The number of non-ortho nitro benzene ring substituents is 1. The van der Waals surface area contributed by atoms with Crippen molar-refractivity contribution in [2.45, 2.75) is 12.0 Å². The van der Waals surface area contributed by atoms with Gasteiger partial charge in [0, 0.05) is 19.2 Å². The summed E-state index contributed by atoms with van der Waals surface area (Å²) >= 11 is 0. The largest absolute Gasteiger partial charge is 0.373 e. The SMILES string of the molecule is COC1(c2ccccc2)CC1C(=O)N/N=C/c1ccc([N+](=O)[O-])cc1. The summed E-state index contributed by atoms with van der Waals surface area (Å²) in [4.78, 5) is 22.4. The van der Waals surface area contributed by atoms with Crippen molar-refractivity contribution >= 4 is 17.8 Å². The Balaban J connectivity index is 1.61. The number of nitro groups is 1. The number of carbonyl (C=O) groups is 1. The first-order valence-electron chi connectivity index (χ1n) is 7.75. The lowest BCUT2D eigenvalue weighted by Crippen LogP contribution is -2.25. The first-order valence-corrected chi connectivity index (χ1v) is 7.75. The van der Waals surface area contributed by atoms with E-state index in [1.54, 1.807) is 19.2 Å². The number of rotatable bonds is 6. The molecule has 128 valence electrons. The van der Waals surface area contributed by atoms with Gasteiger partial charge in [-0.25, -0.2) is 5.43 Å². The Hall–Kier alpha value is -3.06. The topological polar surface area (TPSA) is 93.8 Å². The summed E-state index contributed by atoms with van der Waals surface area (Å²) in [5, 5.41) is 14.5. The summed E-state index contributed by atoms with van der Waals surface area (Å²) in [7, 11) is 1.60. The summed E-state index contributed by atoms with van der Waals surface area (Å²) in [6.45, 7) is 0.